The van der Waals surface area contributed by atoms with Gasteiger partial charge in [0.2, 0.25) is 5.91 Å². The van der Waals surface area contributed by atoms with E-state index >= 15 is 0 Å². The van der Waals surface area contributed by atoms with Gasteiger partial charge in [0.05, 0.1) is 5.75 Å². The van der Waals surface area contributed by atoms with Crippen molar-refractivity contribution in [2.45, 2.75) is 24.5 Å². The van der Waals surface area contributed by atoms with Crippen molar-refractivity contribution in [1.82, 2.24) is 19.7 Å². The third-order valence-corrected chi connectivity index (χ3v) is 5.84. The van der Waals surface area contributed by atoms with E-state index in [1.165, 1.54) is 11.8 Å². The zero-order valence-electron chi connectivity index (χ0n) is 16.4. The van der Waals surface area contributed by atoms with Crippen LogP contribution in [0.2, 0.25) is 0 Å². The number of anilines is 1. The molecular formula is C22H21N5O2S. The number of benzene rings is 1. The second-order valence-electron chi connectivity index (χ2n) is 6.85. The Balaban J connectivity index is 1.45. The van der Waals surface area contributed by atoms with Gasteiger partial charge in [-0.3, -0.25) is 19.1 Å². The van der Waals surface area contributed by atoms with E-state index in [0.29, 0.717) is 29.5 Å². The van der Waals surface area contributed by atoms with Crippen LogP contribution in [-0.2, 0) is 11.3 Å². The van der Waals surface area contributed by atoms with Crippen molar-refractivity contribution in [3.05, 3.63) is 67.0 Å². The quantitative estimate of drug-likeness (QED) is 0.315. The molecule has 1 fully saturated rings. The van der Waals surface area contributed by atoms with Gasteiger partial charge in [0.1, 0.15) is 0 Å². The van der Waals surface area contributed by atoms with Crippen molar-refractivity contribution >= 4 is 29.1 Å². The first-order valence-electron chi connectivity index (χ1n) is 9.68. The fourth-order valence-corrected chi connectivity index (χ4v) is 4.21. The van der Waals surface area contributed by atoms with E-state index in [9.17, 15) is 9.59 Å². The Morgan fingerprint density at radius 1 is 1.13 bits per heavy atom. The number of rotatable bonds is 8. The standard InChI is InChI=1S/C22H21N5O2S/c1-2-13-27-21(17-9-11-23-12-10-17)24-25-22(27)30-15-19(28)16-5-7-18(8-6-16)26-14-3-4-20(26)29/h2,5-12H,1,3-4,13-15H2. The normalized spacial score (nSPS) is 13.6. The molecule has 1 saturated heterocycles. The van der Waals surface area contributed by atoms with Crippen LogP contribution in [0.5, 0.6) is 0 Å². The Morgan fingerprint density at radius 2 is 1.90 bits per heavy atom. The van der Waals surface area contributed by atoms with E-state index in [-0.39, 0.29) is 17.4 Å². The number of carbonyl (C=O) groups excluding carboxylic acids is 2. The topological polar surface area (TPSA) is 81.0 Å². The molecule has 0 radical (unpaired) electrons. The smallest absolute Gasteiger partial charge is 0.227 e. The van der Waals surface area contributed by atoms with Crippen LogP contribution < -0.4 is 4.90 Å². The van der Waals surface area contributed by atoms with Crippen molar-refractivity contribution in [3.8, 4) is 11.4 Å². The molecule has 4 rings (SSSR count). The second-order valence-corrected chi connectivity index (χ2v) is 7.79. The Kier molecular flexibility index (Phi) is 6.04. The molecule has 30 heavy (non-hydrogen) atoms. The molecule has 1 aliphatic heterocycles. The van der Waals surface area contributed by atoms with Crippen LogP contribution in [-0.4, -0.2) is 43.7 Å². The molecule has 8 heteroatoms. The monoisotopic (exact) mass is 419 g/mol. The minimum atomic E-state index is -0.00193. The van der Waals surface area contributed by atoms with Gasteiger partial charge in [0.15, 0.2) is 16.8 Å². The molecule has 3 heterocycles. The van der Waals surface area contributed by atoms with E-state index in [1.54, 1.807) is 35.5 Å². The minimum Gasteiger partial charge on any atom is -0.312 e. The lowest BCUT2D eigenvalue weighted by molar-refractivity contribution is -0.117. The molecule has 0 N–H and O–H groups in total. The van der Waals surface area contributed by atoms with Crippen LogP contribution in [0.4, 0.5) is 5.69 Å². The van der Waals surface area contributed by atoms with Crippen LogP contribution >= 0.6 is 11.8 Å². The minimum absolute atomic E-state index is 0.00193. The Labute approximate surface area is 178 Å². The van der Waals surface area contributed by atoms with Gasteiger partial charge in [-0.15, -0.1) is 16.8 Å². The molecule has 152 valence electrons. The molecule has 1 amide bonds. The fraction of sp³-hybridized carbons (Fsp3) is 0.227. The van der Waals surface area contributed by atoms with E-state index in [4.69, 9.17) is 0 Å². The van der Waals surface area contributed by atoms with Gasteiger partial charge in [-0.05, 0) is 42.8 Å². The number of carbonyl (C=O) groups is 2. The number of hydrogen-bond acceptors (Lipinski definition) is 6. The molecular weight excluding hydrogens is 398 g/mol. The Morgan fingerprint density at radius 3 is 2.57 bits per heavy atom. The summed E-state index contributed by atoms with van der Waals surface area (Å²) in [5, 5.41) is 9.21. The lowest BCUT2D eigenvalue weighted by atomic mass is 10.1. The lowest BCUT2D eigenvalue weighted by Gasteiger charge is -2.15. The van der Waals surface area contributed by atoms with Gasteiger partial charge >= 0.3 is 0 Å². The molecule has 1 aromatic carbocycles. The number of pyridine rings is 1. The highest BCUT2D eigenvalue weighted by atomic mass is 32.2. The molecule has 1 aliphatic rings. The summed E-state index contributed by atoms with van der Waals surface area (Å²) >= 11 is 1.35. The summed E-state index contributed by atoms with van der Waals surface area (Å²) in [5.41, 5.74) is 2.36. The summed E-state index contributed by atoms with van der Waals surface area (Å²) in [6.07, 6.45) is 6.65. The van der Waals surface area contributed by atoms with E-state index < -0.39 is 0 Å². The van der Waals surface area contributed by atoms with Crippen LogP contribution in [0.25, 0.3) is 11.4 Å². The summed E-state index contributed by atoms with van der Waals surface area (Å²) in [5.74, 6) is 1.09. The SMILES string of the molecule is C=CCn1c(SCC(=O)c2ccc(N3CCCC3=O)cc2)nnc1-c1ccncc1. The summed E-state index contributed by atoms with van der Waals surface area (Å²) in [7, 11) is 0. The summed E-state index contributed by atoms with van der Waals surface area (Å²) in [6.45, 7) is 5.09. The zero-order valence-corrected chi connectivity index (χ0v) is 17.2. The number of aromatic nitrogens is 4. The molecule has 0 unspecified atom stereocenters. The highest BCUT2D eigenvalue weighted by molar-refractivity contribution is 7.99. The van der Waals surface area contributed by atoms with Crippen molar-refractivity contribution in [2.75, 3.05) is 17.2 Å². The maximum absolute atomic E-state index is 12.7. The predicted octanol–water partition coefficient (Wildman–Crippen LogP) is 3.63. The molecule has 0 aliphatic carbocycles. The number of Topliss-reactive ketones (excluding diaryl/α,β-unsaturated/α-hetero) is 1. The number of ketones is 1. The molecule has 2 aromatic heterocycles. The predicted molar refractivity (Wildman–Crippen MR) is 117 cm³/mol. The number of amides is 1. The van der Waals surface area contributed by atoms with E-state index in [2.05, 4.69) is 21.8 Å². The highest BCUT2D eigenvalue weighted by Gasteiger charge is 2.22. The van der Waals surface area contributed by atoms with Gasteiger partial charge in [-0.25, -0.2) is 0 Å². The number of allylic oxidation sites excluding steroid dienone is 1. The fourth-order valence-electron chi connectivity index (χ4n) is 3.37. The average molecular weight is 420 g/mol. The van der Waals surface area contributed by atoms with Crippen LogP contribution in [0, 0.1) is 0 Å². The van der Waals surface area contributed by atoms with Crippen LogP contribution in [0.1, 0.15) is 23.2 Å². The van der Waals surface area contributed by atoms with E-state index in [0.717, 1.165) is 24.2 Å². The van der Waals surface area contributed by atoms with Gasteiger partial charge < -0.3 is 4.90 Å². The van der Waals surface area contributed by atoms with Gasteiger partial charge in [-0.1, -0.05) is 17.8 Å². The molecule has 3 aromatic rings. The summed E-state index contributed by atoms with van der Waals surface area (Å²) in [4.78, 5) is 30.3. The van der Waals surface area contributed by atoms with Gasteiger partial charge in [0.25, 0.3) is 0 Å². The molecule has 0 bridgehead atoms. The summed E-state index contributed by atoms with van der Waals surface area (Å²) in [6, 6.07) is 11.0. The molecule has 0 spiro atoms. The van der Waals surface area contributed by atoms with Gasteiger partial charge in [0, 0.05) is 48.7 Å². The zero-order chi connectivity index (χ0) is 20.9. The maximum atomic E-state index is 12.7. The first-order valence-corrected chi connectivity index (χ1v) is 10.7. The highest BCUT2D eigenvalue weighted by Crippen LogP contribution is 2.25. The average Bonchev–Trinajstić information content (AvgIpc) is 3.39. The second kappa shape index (κ2) is 9.04. The molecule has 0 saturated carbocycles. The Bertz CT molecular complexity index is 1060. The number of thioether (sulfide) groups is 1. The molecule has 0 atom stereocenters. The third kappa shape index (κ3) is 4.18. The van der Waals surface area contributed by atoms with Crippen LogP contribution in [0.3, 0.4) is 0 Å². The number of nitrogens with zero attached hydrogens (tertiary/aromatic N) is 5. The Hall–Kier alpha value is -3.26. The van der Waals surface area contributed by atoms with E-state index in [1.807, 2.05) is 28.8 Å². The first-order chi connectivity index (χ1) is 14.7. The van der Waals surface area contributed by atoms with Crippen molar-refractivity contribution < 1.29 is 9.59 Å². The van der Waals surface area contributed by atoms with Crippen LogP contribution in [0.15, 0.2) is 66.6 Å². The molecule has 7 nitrogen and oxygen atoms in total. The largest absolute Gasteiger partial charge is 0.312 e. The lowest BCUT2D eigenvalue weighted by Crippen LogP contribution is -2.23. The maximum Gasteiger partial charge on any atom is 0.227 e. The van der Waals surface area contributed by atoms with Crippen molar-refractivity contribution in [1.29, 1.82) is 0 Å². The van der Waals surface area contributed by atoms with Gasteiger partial charge in [-0.2, -0.15) is 0 Å². The third-order valence-electron chi connectivity index (χ3n) is 4.87. The number of hydrogen-bond donors (Lipinski definition) is 0. The first kappa shape index (κ1) is 20.0. The summed E-state index contributed by atoms with van der Waals surface area (Å²) < 4.78 is 1.93. The van der Waals surface area contributed by atoms with Crippen molar-refractivity contribution in [2.24, 2.45) is 0 Å². The van der Waals surface area contributed by atoms with Crippen molar-refractivity contribution in [3.63, 3.8) is 0 Å².